The SMILES string of the molecule is CC(C)C[C@@H](NC(=O)c1ccc(-c2ccccc2)cc1)c1ccccc1. The summed E-state index contributed by atoms with van der Waals surface area (Å²) in [6, 6.07) is 28.2. The number of benzene rings is 3. The van der Waals surface area contributed by atoms with Crippen LogP contribution in [0, 0.1) is 5.92 Å². The predicted octanol–water partition coefficient (Wildman–Crippen LogP) is 5.87. The van der Waals surface area contributed by atoms with Crippen LogP contribution in [0.25, 0.3) is 11.1 Å². The Morgan fingerprint density at radius 2 is 1.31 bits per heavy atom. The first kappa shape index (κ1) is 17.9. The van der Waals surface area contributed by atoms with Crippen molar-refractivity contribution in [2.75, 3.05) is 0 Å². The summed E-state index contributed by atoms with van der Waals surface area (Å²) < 4.78 is 0. The summed E-state index contributed by atoms with van der Waals surface area (Å²) in [4.78, 5) is 12.7. The number of amides is 1. The van der Waals surface area contributed by atoms with Crippen LogP contribution in [-0.4, -0.2) is 5.91 Å². The molecule has 0 heterocycles. The molecule has 0 unspecified atom stereocenters. The van der Waals surface area contributed by atoms with Gasteiger partial charge in [-0.1, -0.05) is 86.6 Å². The zero-order valence-electron chi connectivity index (χ0n) is 15.4. The van der Waals surface area contributed by atoms with Crippen molar-refractivity contribution in [2.45, 2.75) is 26.3 Å². The molecule has 3 aromatic carbocycles. The van der Waals surface area contributed by atoms with Gasteiger partial charge in [0.15, 0.2) is 0 Å². The molecule has 3 aromatic rings. The second kappa shape index (κ2) is 8.48. The van der Waals surface area contributed by atoms with Crippen LogP contribution in [0.3, 0.4) is 0 Å². The van der Waals surface area contributed by atoms with Crippen molar-refractivity contribution in [3.05, 3.63) is 96.1 Å². The topological polar surface area (TPSA) is 29.1 Å². The highest BCUT2D eigenvalue weighted by Gasteiger charge is 2.17. The van der Waals surface area contributed by atoms with Crippen LogP contribution in [-0.2, 0) is 0 Å². The van der Waals surface area contributed by atoms with E-state index in [0.717, 1.165) is 23.1 Å². The Morgan fingerprint density at radius 3 is 1.88 bits per heavy atom. The Morgan fingerprint density at radius 1 is 0.769 bits per heavy atom. The fourth-order valence-electron chi connectivity index (χ4n) is 3.12. The quantitative estimate of drug-likeness (QED) is 0.596. The molecule has 1 amide bonds. The fraction of sp³-hybridized carbons (Fsp3) is 0.208. The molecule has 3 rings (SSSR count). The molecule has 26 heavy (non-hydrogen) atoms. The van der Waals surface area contributed by atoms with Gasteiger partial charge in [-0.3, -0.25) is 4.79 Å². The summed E-state index contributed by atoms with van der Waals surface area (Å²) >= 11 is 0. The van der Waals surface area contributed by atoms with Crippen LogP contribution in [0.5, 0.6) is 0 Å². The molecule has 0 saturated heterocycles. The van der Waals surface area contributed by atoms with Crippen LogP contribution in [0.1, 0.15) is 42.2 Å². The second-order valence-corrected chi connectivity index (χ2v) is 7.01. The van der Waals surface area contributed by atoms with Crippen LogP contribution in [0.4, 0.5) is 0 Å². The Balaban J connectivity index is 1.75. The van der Waals surface area contributed by atoms with Crippen molar-refractivity contribution in [1.29, 1.82) is 0 Å². The van der Waals surface area contributed by atoms with E-state index in [-0.39, 0.29) is 11.9 Å². The number of carbonyl (C=O) groups excluding carboxylic acids is 1. The molecule has 0 bridgehead atoms. The van der Waals surface area contributed by atoms with Gasteiger partial charge in [0.2, 0.25) is 0 Å². The fourth-order valence-corrected chi connectivity index (χ4v) is 3.12. The lowest BCUT2D eigenvalue weighted by atomic mass is 9.96. The number of carbonyl (C=O) groups is 1. The summed E-state index contributed by atoms with van der Waals surface area (Å²) in [6.45, 7) is 4.35. The zero-order valence-corrected chi connectivity index (χ0v) is 15.4. The summed E-state index contributed by atoms with van der Waals surface area (Å²) in [5.74, 6) is 0.472. The van der Waals surface area contributed by atoms with Gasteiger partial charge in [0.05, 0.1) is 6.04 Å². The minimum absolute atomic E-state index is 0.0255. The van der Waals surface area contributed by atoms with E-state index in [0.29, 0.717) is 11.5 Å². The third-order valence-electron chi connectivity index (χ3n) is 4.47. The zero-order chi connectivity index (χ0) is 18.4. The highest BCUT2D eigenvalue weighted by molar-refractivity contribution is 5.95. The molecule has 1 N–H and O–H groups in total. The van der Waals surface area contributed by atoms with Gasteiger partial charge >= 0.3 is 0 Å². The van der Waals surface area contributed by atoms with E-state index in [1.54, 1.807) is 0 Å². The average molecular weight is 343 g/mol. The first-order chi connectivity index (χ1) is 12.6. The lowest BCUT2D eigenvalue weighted by Crippen LogP contribution is -2.29. The smallest absolute Gasteiger partial charge is 0.251 e. The first-order valence-electron chi connectivity index (χ1n) is 9.15. The van der Waals surface area contributed by atoms with Gasteiger partial charge in [-0.2, -0.15) is 0 Å². The molecule has 0 aliphatic carbocycles. The minimum Gasteiger partial charge on any atom is -0.345 e. The molecule has 0 spiro atoms. The second-order valence-electron chi connectivity index (χ2n) is 7.01. The van der Waals surface area contributed by atoms with Crippen LogP contribution < -0.4 is 5.32 Å². The number of hydrogen-bond acceptors (Lipinski definition) is 1. The van der Waals surface area contributed by atoms with Crippen LogP contribution >= 0.6 is 0 Å². The Hall–Kier alpha value is -2.87. The first-order valence-corrected chi connectivity index (χ1v) is 9.15. The summed E-state index contributed by atoms with van der Waals surface area (Å²) in [5, 5.41) is 3.20. The largest absolute Gasteiger partial charge is 0.345 e. The average Bonchev–Trinajstić information content (AvgIpc) is 2.68. The van der Waals surface area contributed by atoms with E-state index in [9.17, 15) is 4.79 Å². The van der Waals surface area contributed by atoms with E-state index < -0.39 is 0 Å². The van der Waals surface area contributed by atoms with Crippen LogP contribution in [0.15, 0.2) is 84.9 Å². The van der Waals surface area contributed by atoms with Gasteiger partial charge in [-0.05, 0) is 41.2 Å². The standard InChI is InChI=1S/C24H25NO/c1-18(2)17-23(21-11-7-4-8-12-21)25-24(26)22-15-13-20(14-16-22)19-9-5-3-6-10-19/h3-16,18,23H,17H2,1-2H3,(H,25,26)/t23-/m1/s1. The number of rotatable bonds is 6. The molecule has 2 heteroatoms. The van der Waals surface area contributed by atoms with Crippen molar-refractivity contribution in [3.8, 4) is 11.1 Å². The molecule has 2 nitrogen and oxygen atoms in total. The van der Waals surface area contributed by atoms with E-state index in [4.69, 9.17) is 0 Å². The Bertz CT molecular complexity index is 823. The molecule has 0 aromatic heterocycles. The van der Waals surface area contributed by atoms with Gasteiger partial charge in [0, 0.05) is 5.56 Å². The maximum Gasteiger partial charge on any atom is 0.251 e. The van der Waals surface area contributed by atoms with Crippen molar-refractivity contribution in [3.63, 3.8) is 0 Å². The van der Waals surface area contributed by atoms with Gasteiger partial charge in [-0.25, -0.2) is 0 Å². The molecule has 0 aliphatic rings. The molecule has 132 valence electrons. The van der Waals surface area contributed by atoms with Crippen molar-refractivity contribution in [1.82, 2.24) is 5.32 Å². The van der Waals surface area contributed by atoms with Crippen molar-refractivity contribution in [2.24, 2.45) is 5.92 Å². The highest BCUT2D eigenvalue weighted by Crippen LogP contribution is 2.23. The molecule has 1 atom stereocenters. The summed E-state index contributed by atoms with van der Waals surface area (Å²) in [5.41, 5.74) is 4.11. The van der Waals surface area contributed by atoms with Gasteiger partial charge in [0.25, 0.3) is 5.91 Å². The number of nitrogens with one attached hydrogen (secondary N) is 1. The Kier molecular flexibility index (Phi) is 5.85. The van der Waals surface area contributed by atoms with E-state index >= 15 is 0 Å². The minimum atomic E-state index is -0.0286. The maximum atomic E-state index is 12.7. The highest BCUT2D eigenvalue weighted by atomic mass is 16.1. The maximum absolute atomic E-state index is 12.7. The normalized spacial score (nSPS) is 12.0. The van der Waals surface area contributed by atoms with Gasteiger partial charge in [0.1, 0.15) is 0 Å². The lowest BCUT2D eigenvalue weighted by Gasteiger charge is -2.21. The van der Waals surface area contributed by atoms with Gasteiger partial charge in [-0.15, -0.1) is 0 Å². The third kappa shape index (κ3) is 4.60. The summed E-state index contributed by atoms with van der Waals surface area (Å²) in [6.07, 6.45) is 0.915. The van der Waals surface area contributed by atoms with Gasteiger partial charge < -0.3 is 5.32 Å². The number of hydrogen-bond donors (Lipinski definition) is 1. The predicted molar refractivity (Wildman–Crippen MR) is 108 cm³/mol. The van der Waals surface area contributed by atoms with Crippen molar-refractivity contribution >= 4 is 5.91 Å². The molecular formula is C24H25NO. The molecule has 0 fully saturated rings. The van der Waals surface area contributed by atoms with E-state index in [1.165, 1.54) is 0 Å². The molecular weight excluding hydrogens is 318 g/mol. The van der Waals surface area contributed by atoms with E-state index in [1.807, 2.05) is 60.7 Å². The third-order valence-corrected chi connectivity index (χ3v) is 4.47. The molecule has 0 aliphatic heterocycles. The van der Waals surface area contributed by atoms with Crippen LogP contribution in [0.2, 0.25) is 0 Å². The molecule has 0 radical (unpaired) electrons. The molecule has 0 saturated carbocycles. The monoisotopic (exact) mass is 343 g/mol. The summed E-state index contributed by atoms with van der Waals surface area (Å²) in [7, 11) is 0. The van der Waals surface area contributed by atoms with Crippen molar-refractivity contribution < 1.29 is 4.79 Å². The van der Waals surface area contributed by atoms with E-state index in [2.05, 4.69) is 43.4 Å². The lowest BCUT2D eigenvalue weighted by molar-refractivity contribution is 0.0932. The Labute approximate surface area is 155 Å².